The number of nitriles is 1. The molecule has 3 rings (SSSR count). The molecule has 0 spiro atoms. The second-order valence-corrected chi connectivity index (χ2v) is 4.81. The van der Waals surface area contributed by atoms with Gasteiger partial charge in [0.15, 0.2) is 5.60 Å². The Bertz CT molecular complexity index is 747. The van der Waals surface area contributed by atoms with Gasteiger partial charge < -0.3 is 5.11 Å². The molecular weight excluding hydrogens is 248 g/mol. The van der Waals surface area contributed by atoms with Crippen molar-refractivity contribution in [2.45, 2.75) is 18.4 Å². The molecule has 1 N–H and O–H groups in total. The Balaban J connectivity index is 1.92. The molecule has 0 unspecified atom stereocenters. The van der Waals surface area contributed by atoms with E-state index in [2.05, 4.69) is 22.9 Å². The molecule has 2 aromatic rings. The Morgan fingerprint density at radius 1 is 1.15 bits per heavy atom. The largest absolute Gasteiger partial charge is 0.372 e. The summed E-state index contributed by atoms with van der Waals surface area (Å²) in [5.74, 6) is 5.90. The van der Waals surface area contributed by atoms with Crippen LogP contribution in [-0.4, -0.2) is 10.1 Å². The molecule has 1 heterocycles. The third kappa shape index (κ3) is 2.16. The van der Waals surface area contributed by atoms with Gasteiger partial charge >= 0.3 is 0 Å². The molecule has 0 radical (unpaired) electrons. The predicted octanol–water partition coefficient (Wildman–Crippen LogP) is 2.14. The third-order valence-corrected chi connectivity index (χ3v) is 3.47. The van der Waals surface area contributed by atoms with Crippen LogP contribution in [-0.2, 0) is 12.0 Å². The minimum absolute atomic E-state index is 0.572. The summed E-state index contributed by atoms with van der Waals surface area (Å²) in [4.78, 5) is 4.26. The zero-order chi connectivity index (χ0) is 14.0. The third-order valence-electron chi connectivity index (χ3n) is 3.47. The van der Waals surface area contributed by atoms with Gasteiger partial charge in [0.1, 0.15) is 0 Å². The van der Waals surface area contributed by atoms with Crippen molar-refractivity contribution in [1.29, 1.82) is 5.26 Å². The van der Waals surface area contributed by atoms with E-state index in [1.165, 1.54) is 0 Å². The van der Waals surface area contributed by atoms with Crippen LogP contribution in [0, 0.1) is 23.2 Å². The van der Waals surface area contributed by atoms with Gasteiger partial charge in [-0.3, -0.25) is 4.98 Å². The van der Waals surface area contributed by atoms with Crippen LogP contribution in [0.2, 0.25) is 0 Å². The summed E-state index contributed by atoms with van der Waals surface area (Å²) in [7, 11) is 0. The molecule has 20 heavy (non-hydrogen) atoms. The zero-order valence-electron chi connectivity index (χ0n) is 10.8. The predicted molar refractivity (Wildman–Crippen MR) is 74.5 cm³/mol. The van der Waals surface area contributed by atoms with Crippen LogP contribution < -0.4 is 0 Å². The average molecular weight is 260 g/mol. The molecule has 0 amide bonds. The molecule has 96 valence electrons. The lowest BCUT2D eigenvalue weighted by Gasteiger charge is -2.14. The number of hydrogen-bond acceptors (Lipinski definition) is 3. The highest BCUT2D eigenvalue weighted by molar-refractivity contribution is 5.44. The van der Waals surface area contributed by atoms with E-state index in [-0.39, 0.29) is 0 Å². The van der Waals surface area contributed by atoms with Gasteiger partial charge in [0.05, 0.1) is 17.3 Å². The first kappa shape index (κ1) is 12.4. The lowest BCUT2D eigenvalue weighted by atomic mass is 10.0. The standard InChI is InChI=1S/C17H12N2O/c18-12-14-5-3-13(4-6-14)7-9-17(20)10-8-15-2-1-11-19-16(15)17/h1-6,11,20H,8,10H2/t17-/m1/s1. The van der Waals surface area contributed by atoms with Crippen LogP contribution in [0.3, 0.4) is 0 Å². The summed E-state index contributed by atoms with van der Waals surface area (Å²) in [6.07, 6.45) is 3.04. The molecule has 1 aromatic heterocycles. The summed E-state index contributed by atoms with van der Waals surface area (Å²) in [6, 6.07) is 12.9. The summed E-state index contributed by atoms with van der Waals surface area (Å²) in [5, 5.41) is 19.4. The maximum Gasteiger partial charge on any atom is 0.168 e. The van der Waals surface area contributed by atoms with Crippen LogP contribution in [0.15, 0.2) is 42.6 Å². The molecule has 1 aromatic carbocycles. The molecule has 3 nitrogen and oxygen atoms in total. The number of aromatic nitrogens is 1. The van der Waals surface area contributed by atoms with Gasteiger partial charge in [0, 0.05) is 11.8 Å². The Kier molecular flexibility index (Phi) is 2.99. The molecule has 0 aliphatic heterocycles. The minimum atomic E-state index is -1.16. The molecule has 0 fully saturated rings. The Morgan fingerprint density at radius 3 is 2.65 bits per heavy atom. The van der Waals surface area contributed by atoms with Crippen molar-refractivity contribution in [2.75, 3.05) is 0 Å². The maximum absolute atomic E-state index is 10.6. The smallest absolute Gasteiger partial charge is 0.168 e. The van der Waals surface area contributed by atoms with E-state index in [4.69, 9.17) is 5.26 Å². The first-order valence-corrected chi connectivity index (χ1v) is 6.41. The van der Waals surface area contributed by atoms with Crippen LogP contribution >= 0.6 is 0 Å². The Hall–Kier alpha value is -2.62. The quantitative estimate of drug-likeness (QED) is 0.738. The number of aliphatic hydroxyl groups is 1. The van der Waals surface area contributed by atoms with Crippen molar-refractivity contribution in [2.24, 2.45) is 0 Å². The molecule has 1 aliphatic rings. The average Bonchev–Trinajstić information content (AvgIpc) is 2.84. The summed E-state index contributed by atoms with van der Waals surface area (Å²) < 4.78 is 0. The highest BCUT2D eigenvalue weighted by Crippen LogP contribution is 2.34. The first-order chi connectivity index (χ1) is 9.71. The molecular formula is C17H12N2O. The minimum Gasteiger partial charge on any atom is -0.372 e. The van der Waals surface area contributed by atoms with Gasteiger partial charge in [0.2, 0.25) is 0 Å². The first-order valence-electron chi connectivity index (χ1n) is 6.41. The topological polar surface area (TPSA) is 56.9 Å². The van der Waals surface area contributed by atoms with Gasteiger partial charge in [-0.05, 0) is 48.7 Å². The number of hydrogen-bond donors (Lipinski definition) is 1. The highest BCUT2D eigenvalue weighted by atomic mass is 16.3. The number of pyridine rings is 1. The van der Waals surface area contributed by atoms with E-state index in [0.29, 0.717) is 17.7 Å². The highest BCUT2D eigenvalue weighted by Gasteiger charge is 2.36. The van der Waals surface area contributed by atoms with Crippen molar-refractivity contribution >= 4 is 0 Å². The van der Waals surface area contributed by atoms with Crippen LogP contribution in [0.1, 0.15) is 28.8 Å². The van der Waals surface area contributed by atoms with E-state index in [1.54, 1.807) is 30.5 Å². The van der Waals surface area contributed by atoms with Gasteiger partial charge in [-0.25, -0.2) is 0 Å². The van der Waals surface area contributed by atoms with Crippen LogP contribution in [0.5, 0.6) is 0 Å². The fourth-order valence-corrected chi connectivity index (χ4v) is 2.37. The lowest BCUT2D eigenvalue weighted by molar-refractivity contribution is 0.0982. The summed E-state index contributed by atoms with van der Waals surface area (Å²) >= 11 is 0. The lowest BCUT2D eigenvalue weighted by Crippen LogP contribution is -2.20. The van der Waals surface area contributed by atoms with Gasteiger partial charge in [-0.15, -0.1) is 0 Å². The molecule has 3 heteroatoms. The van der Waals surface area contributed by atoms with Crippen LogP contribution in [0.25, 0.3) is 0 Å². The second-order valence-electron chi connectivity index (χ2n) is 4.81. The molecule has 1 atom stereocenters. The van der Waals surface area contributed by atoms with Crippen molar-refractivity contribution in [3.05, 3.63) is 65.0 Å². The fourth-order valence-electron chi connectivity index (χ4n) is 2.37. The monoisotopic (exact) mass is 260 g/mol. The SMILES string of the molecule is N#Cc1ccc(C#C[C@@]2(O)CCc3cccnc32)cc1. The number of nitrogens with zero attached hydrogens (tertiary/aromatic N) is 2. The summed E-state index contributed by atoms with van der Waals surface area (Å²) in [6.45, 7) is 0. The summed E-state index contributed by atoms with van der Waals surface area (Å²) in [5.41, 5.74) is 1.94. The van der Waals surface area contributed by atoms with E-state index in [0.717, 1.165) is 17.5 Å². The fraction of sp³-hybridized carbons (Fsp3) is 0.176. The normalized spacial score (nSPS) is 19.6. The van der Waals surface area contributed by atoms with E-state index >= 15 is 0 Å². The van der Waals surface area contributed by atoms with Crippen molar-refractivity contribution in [1.82, 2.24) is 4.98 Å². The van der Waals surface area contributed by atoms with Gasteiger partial charge in [0.25, 0.3) is 0 Å². The Labute approximate surface area is 117 Å². The number of fused-ring (bicyclic) bond motifs is 1. The molecule has 0 saturated heterocycles. The molecule has 0 bridgehead atoms. The van der Waals surface area contributed by atoms with Crippen LogP contribution in [0.4, 0.5) is 0 Å². The number of rotatable bonds is 0. The number of aryl methyl sites for hydroxylation is 1. The second kappa shape index (κ2) is 4.81. The van der Waals surface area contributed by atoms with Crippen molar-refractivity contribution < 1.29 is 5.11 Å². The molecule has 1 aliphatic carbocycles. The molecule has 0 saturated carbocycles. The van der Waals surface area contributed by atoms with E-state index < -0.39 is 5.60 Å². The van der Waals surface area contributed by atoms with Crippen molar-refractivity contribution in [3.63, 3.8) is 0 Å². The van der Waals surface area contributed by atoms with E-state index in [1.807, 2.05) is 12.1 Å². The maximum atomic E-state index is 10.6. The number of benzene rings is 1. The zero-order valence-corrected chi connectivity index (χ0v) is 10.8. The van der Waals surface area contributed by atoms with Crippen molar-refractivity contribution in [3.8, 4) is 17.9 Å². The van der Waals surface area contributed by atoms with E-state index in [9.17, 15) is 5.11 Å². The Morgan fingerprint density at radius 2 is 1.90 bits per heavy atom. The van der Waals surface area contributed by atoms with Gasteiger partial charge in [-0.2, -0.15) is 5.26 Å². The van der Waals surface area contributed by atoms with Gasteiger partial charge in [-0.1, -0.05) is 17.9 Å².